The standard InChI is InChI=1S/C15H12BrClN2O2/c1-9(20)10-3-2-4-12(7-10)18-15(21)19-14-6-5-11(16)8-13(14)17/h2-8H,1H3,(H2,18,19,21). The maximum absolute atomic E-state index is 11.9. The lowest BCUT2D eigenvalue weighted by molar-refractivity contribution is 0.101. The van der Waals surface area contributed by atoms with Crippen LogP contribution >= 0.6 is 27.5 Å². The van der Waals surface area contributed by atoms with E-state index in [4.69, 9.17) is 11.6 Å². The second-order valence-electron chi connectivity index (χ2n) is 4.34. The number of hydrogen-bond donors (Lipinski definition) is 2. The minimum atomic E-state index is -0.431. The number of carbonyl (C=O) groups is 2. The van der Waals surface area contributed by atoms with Crippen LogP contribution in [0.3, 0.4) is 0 Å². The second-order valence-corrected chi connectivity index (χ2v) is 5.66. The van der Waals surface area contributed by atoms with Crippen molar-refractivity contribution < 1.29 is 9.59 Å². The molecule has 2 N–H and O–H groups in total. The Labute approximate surface area is 135 Å². The van der Waals surface area contributed by atoms with Crippen LogP contribution in [-0.4, -0.2) is 11.8 Å². The van der Waals surface area contributed by atoms with Gasteiger partial charge >= 0.3 is 6.03 Å². The number of rotatable bonds is 3. The molecule has 2 aromatic rings. The summed E-state index contributed by atoms with van der Waals surface area (Å²) in [5.41, 5.74) is 1.57. The molecule has 0 spiro atoms. The maximum Gasteiger partial charge on any atom is 0.323 e. The highest BCUT2D eigenvalue weighted by Crippen LogP contribution is 2.25. The molecule has 0 unspecified atom stereocenters. The summed E-state index contributed by atoms with van der Waals surface area (Å²) >= 11 is 9.32. The van der Waals surface area contributed by atoms with Gasteiger partial charge in [-0.1, -0.05) is 39.7 Å². The second kappa shape index (κ2) is 6.74. The van der Waals surface area contributed by atoms with Crippen LogP contribution in [0.25, 0.3) is 0 Å². The lowest BCUT2D eigenvalue weighted by atomic mass is 10.1. The Hall–Kier alpha value is -1.85. The predicted octanol–water partition coefficient (Wildman–Crippen LogP) is 4.95. The lowest BCUT2D eigenvalue weighted by Gasteiger charge is -2.10. The van der Waals surface area contributed by atoms with E-state index in [1.54, 1.807) is 42.5 Å². The Bertz CT molecular complexity index is 704. The number of benzene rings is 2. The molecular weight excluding hydrogens is 356 g/mol. The van der Waals surface area contributed by atoms with Crippen LogP contribution in [0.4, 0.5) is 16.2 Å². The molecule has 0 saturated heterocycles. The van der Waals surface area contributed by atoms with E-state index in [1.807, 2.05) is 0 Å². The summed E-state index contributed by atoms with van der Waals surface area (Å²) in [6.45, 7) is 1.47. The van der Waals surface area contributed by atoms with Crippen LogP contribution in [-0.2, 0) is 0 Å². The summed E-state index contributed by atoms with van der Waals surface area (Å²) in [5.74, 6) is -0.0602. The molecule has 2 aromatic carbocycles. The van der Waals surface area contributed by atoms with Crippen LogP contribution in [0.1, 0.15) is 17.3 Å². The van der Waals surface area contributed by atoms with E-state index in [1.165, 1.54) is 6.92 Å². The van der Waals surface area contributed by atoms with Gasteiger partial charge in [0, 0.05) is 15.7 Å². The fourth-order valence-corrected chi connectivity index (χ4v) is 2.41. The normalized spacial score (nSPS) is 10.0. The number of hydrogen-bond acceptors (Lipinski definition) is 2. The number of amides is 2. The van der Waals surface area contributed by atoms with Crippen LogP contribution < -0.4 is 10.6 Å². The topological polar surface area (TPSA) is 58.2 Å². The fourth-order valence-electron chi connectivity index (χ4n) is 1.69. The number of nitrogens with one attached hydrogen (secondary N) is 2. The van der Waals surface area contributed by atoms with Crippen LogP contribution in [0.5, 0.6) is 0 Å². The minimum Gasteiger partial charge on any atom is -0.308 e. The quantitative estimate of drug-likeness (QED) is 0.754. The molecule has 108 valence electrons. The Morgan fingerprint density at radius 2 is 1.86 bits per heavy atom. The highest BCUT2D eigenvalue weighted by Gasteiger charge is 2.07. The van der Waals surface area contributed by atoms with Gasteiger partial charge in [0.15, 0.2) is 5.78 Å². The van der Waals surface area contributed by atoms with Crippen molar-refractivity contribution in [1.29, 1.82) is 0 Å². The molecule has 4 nitrogen and oxygen atoms in total. The summed E-state index contributed by atoms with van der Waals surface area (Å²) in [4.78, 5) is 23.2. The van der Waals surface area contributed by atoms with E-state index in [0.29, 0.717) is 22.0 Å². The Balaban J connectivity index is 2.08. The van der Waals surface area contributed by atoms with E-state index in [9.17, 15) is 9.59 Å². The van der Waals surface area contributed by atoms with Gasteiger partial charge in [0.2, 0.25) is 0 Å². The Morgan fingerprint density at radius 1 is 1.10 bits per heavy atom. The Morgan fingerprint density at radius 3 is 2.52 bits per heavy atom. The van der Waals surface area contributed by atoms with Crippen molar-refractivity contribution in [3.05, 3.63) is 57.5 Å². The summed E-state index contributed by atoms with van der Waals surface area (Å²) in [7, 11) is 0. The Kier molecular flexibility index (Phi) is 4.98. The lowest BCUT2D eigenvalue weighted by Crippen LogP contribution is -2.19. The number of ketones is 1. The number of Topliss-reactive ketones (excluding diaryl/α,β-unsaturated/α-hetero) is 1. The first-order valence-corrected chi connectivity index (χ1v) is 7.27. The van der Waals surface area contributed by atoms with Crippen LogP contribution in [0.2, 0.25) is 5.02 Å². The van der Waals surface area contributed by atoms with Crippen molar-refractivity contribution in [2.45, 2.75) is 6.92 Å². The zero-order valence-corrected chi connectivity index (χ0v) is 13.5. The van der Waals surface area contributed by atoms with Crippen molar-refractivity contribution in [1.82, 2.24) is 0 Å². The van der Waals surface area contributed by atoms with Gasteiger partial charge in [0.05, 0.1) is 10.7 Å². The number of urea groups is 1. The molecule has 2 amide bonds. The molecule has 2 rings (SSSR count). The van der Waals surface area contributed by atoms with Crippen LogP contribution in [0.15, 0.2) is 46.9 Å². The monoisotopic (exact) mass is 366 g/mol. The van der Waals surface area contributed by atoms with Gasteiger partial charge in [-0.2, -0.15) is 0 Å². The fraction of sp³-hybridized carbons (Fsp3) is 0.0667. The van der Waals surface area contributed by atoms with Gasteiger partial charge in [-0.3, -0.25) is 4.79 Å². The number of anilines is 2. The third-order valence-electron chi connectivity index (χ3n) is 2.71. The van der Waals surface area contributed by atoms with Crippen molar-refractivity contribution >= 4 is 50.7 Å². The molecule has 0 saturated carbocycles. The highest BCUT2D eigenvalue weighted by molar-refractivity contribution is 9.10. The molecule has 21 heavy (non-hydrogen) atoms. The van der Waals surface area contributed by atoms with Gasteiger partial charge in [0.25, 0.3) is 0 Å². The molecule has 0 aliphatic carbocycles. The van der Waals surface area contributed by atoms with Gasteiger partial charge < -0.3 is 10.6 Å². The molecule has 0 aliphatic heterocycles. The van der Waals surface area contributed by atoms with E-state index in [2.05, 4.69) is 26.6 Å². The molecule has 0 fully saturated rings. The molecule has 0 atom stereocenters. The van der Waals surface area contributed by atoms with E-state index >= 15 is 0 Å². The third-order valence-corrected chi connectivity index (χ3v) is 3.51. The number of carbonyl (C=O) groups excluding carboxylic acids is 2. The first-order valence-electron chi connectivity index (χ1n) is 6.10. The smallest absolute Gasteiger partial charge is 0.308 e. The molecule has 6 heteroatoms. The third kappa shape index (κ3) is 4.31. The minimum absolute atomic E-state index is 0.0602. The maximum atomic E-state index is 11.9. The molecule has 0 aliphatic rings. The molecular formula is C15H12BrClN2O2. The first kappa shape index (κ1) is 15.5. The van der Waals surface area contributed by atoms with E-state index < -0.39 is 6.03 Å². The van der Waals surface area contributed by atoms with Crippen LogP contribution in [0, 0.1) is 0 Å². The van der Waals surface area contributed by atoms with Gasteiger partial charge in [-0.15, -0.1) is 0 Å². The average molecular weight is 368 g/mol. The molecule has 0 aromatic heterocycles. The summed E-state index contributed by atoms with van der Waals surface area (Å²) in [5, 5.41) is 5.73. The average Bonchev–Trinajstić information content (AvgIpc) is 2.42. The summed E-state index contributed by atoms with van der Waals surface area (Å²) in [6.07, 6.45) is 0. The van der Waals surface area contributed by atoms with Gasteiger partial charge in [-0.25, -0.2) is 4.79 Å². The summed E-state index contributed by atoms with van der Waals surface area (Å²) < 4.78 is 0.826. The zero-order chi connectivity index (χ0) is 15.4. The van der Waals surface area contributed by atoms with Gasteiger partial charge in [-0.05, 0) is 37.3 Å². The van der Waals surface area contributed by atoms with Gasteiger partial charge in [0.1, 0.15) is 0 Å². The SMILES string of the molecule is CC(=O)c1cccc(NC(=O)Nc2ccc(Br)cc2Cl)c1. The van der Waals surface area contributed by atoms with Crippen molar-refractivity contribution in [3.8, 4) is 0 Å². The largest absolute Gasteiger partial charge is 0.323 e. The molecule has 0 bridgehead atoms. The summed E-state index contributed by atoms with van der Waals surface area (Å²) in [6, 6.07) is 11.4. The first-order chi connectivity index (χ1) is 9.95. The highest BCUT2D eigenvalue weighted by atomic mass is 79.9. The van der Waals surface area contributed by atoms with Crippen molar-refractivity contribution in [2.75, 3.05) is 10.6 Å². The van der Waals surface area contributed by atoms with E-state index in [0.717, 1.165) is 4.47 Å². The molecule has 0 radical (unpaired) electrons. The predicted molar refractivity (Wildman–Crippen MR) is 88.2 cm³/mol. The van der Waals surface area contributed by atoms with Crippen molar-refractivity contribution in [2.24, 2.45) is 0 Å². The van der Waals surface area contributed by atoms with E-state index in [-0.39, 0.29) is 5.78 Å². The number of halogens is 2. The zero-order valence-electron chi connectivity index (χ0n) is 11.1. The molecule has 0 heterocycles. The van der Waals surface area contributed by atoms with Crippen molar-refractivity contribution in [3.63, 3.8) is 0 Å².